The van der Waals surface area contributed by atoms with Crippen molar-refractivity contribution in [1.82, 2.24) is 0 Å². The number of nitrogens with one attached hydrogen (secondary N) is 1. The van der Waals surface area contributed by atoms with Crippen molar-refractivity contribution in [1.29, 1.82) is 0 Å². The highest BCUT2D eigenvalue weighted by atomic mass is 35.5. The molecule has 0 saturated carbocycles. The topological polar surface area (TPSA) is 12.0 Å². The smallest absolute Gasteiger partial charge is 0.138 e. The van der Waals surface area contributed by atoms with Crippen molar-refractivity contribution in [3.63, 3.8) is 0 Å². The van der Waals surface area contributed by atoms with Gasteiger partial charge in [0, 0.05) is 10.7 Å². The molecule has 0 fully saturated rings. The number of aryl methyl sites for hydroxylation is 1. The van der Waals surface area contributed by atoms with Crippen molar-refractivity contribution in [3.05, 3.63) is 28.8 Å². The lowest BCUT2D eigenvalue weighted by Gasteiger charge is -2.03. The molecule has 0 heterocycles. The van der Waals surface area contributed by atoms with Crippen LogP contribution < -0.4 is 5.32 Å². The third-order valence-electron chi connectivity index (χ3n) is 1.39. The van der Waals surface area contributed by atoms with E-state index < -0.39 is 0 Å². The van der Waals surface area contributed by atoms with Gasteiger partial charge in [-0.1, -0.05) is 29.9 Å². The Balaban J connectivity index is 3.01. The molecule has 0 unspecified atom stereocenters. The Morgan fingerprint density at radius 3 is 2.91 bits per heavy atom. The van der Waals surface area contributed by atoms with Crippen LogP contribution in [0.5, 0.6) is 0 Å². The van der Waals surface area contributed by atoms with Gasteiger partial charge in [-0.05, 0) is 24.6 Å². The summed E-state index contributed by atoms with van der Waals surface area (Å²) in [5.41, 5.74) is 4.44. The van der Waals surface area contributed by atoms with Gasteiger partial charge in [0.2, 0.25) is 0 Å². The van der Waals surface area contributed by atoms with E-state index in [1.54, 1.807) is 0 Å². The van der Waals surface area contributed by atoms with Gasteiger partial charge < -0.3 is 5.32 Å². The second-order valence-electron chi connectivity index (χ2n) is 2.19. The number of thiocarbonyl (C=S) groups is 1. The molecule has 1 aromatic carbocycles. The Labute approximate surface area is 76.4 Å². The Hall–Kier alpha value is -0.600. The summed E-state index contributed by atoms with van der Waals surface area (Å²) in [6, 6.07) is 5.58. The first-order chi connectivity index (χ1) is 5.24. The number of benzene rings is 1. The van der Waals surface area contributed by atoms with Crippen molar-refractivity contribution < 1.29 is 0 Å². The molecular weight excluding hydrogens is 178 g/mol. The highest BCUT2D eigenvalue weighted by Crippen LogP contribution is 2.19. The van der Waals surface area contributed by atoms with Gasteiger partial charge in [-0.25, -0.2) is 0 Å². The molecule has 0 aliphatic carbocycles. The molecule has 0 aliphatic heterocycles. The van der Waals surface area contributed by atoms with Gasteiger partial charge >= 0.3 is 0 Å². The molecule has 1 nitrogen and oxygen atoms in total. The molecule has 0 aromatic heterocycles. The fourth-order valence-corrected chi connectivity index (χ4v) is 1.07. The molecule has 0 saturated heterocycles. The van der Waals surface area contributed by atoms with E-state index >= 15 is 0 Å². The van der Waals surface area contributed by atoms with Gasteiger partial charge in [0.05, 0.1) is 0 Å². The van der Waals surface area contributed by atoms with E-state index in [0.29, 0.717) is 5.02 Å². The number of halogens is 1. The summed E-state index contributed by atoms with van der Waals surface area (Å²) in [5.74, 6) is 0. The third kappa shape index (κ3) is 2.17. The summed E-state index contributed by atoms with van der Waals surface area (Å²) in [6.45, 7) is 1.98. The minimum absolute atomic E-state index is 0.698. The van der Waals surface area contributed by atoms with Crippen LogP contribution in [-0.2, 0) is 0 Å². The maximum absolute atomic E-state index is 5.75. The van der Waals surface area contributed by atoms with E-state index in [1.807, 2.05) is 25.1 Å². The number of rotatable bonds is 2. The Morgan fingerprint density at radius 2 is 2.27 bits per heavy atom. The average Bonchev–Trinajstić information content (AvgIpc) is 1.98. The van der Waals surface area contributed by atoms with E-state index in [1.165, 1.54) is 0 Å². The van der Waals surface area contributed by atoms with Crippen molar-refractivity contribution in [2.24, 2.45) is 0 Å². The van der Waals surface area contributed by atoms with Crippen LogP contribution in [0.15, 0.2) is 18.2 Å². The minimum Gasteiger partial charge on any atom is -0.344 e. The molecule has 0 atom stereocenters. The largest absolute Gasteiger partial charge is 0.344 e. The first-order valence-electron chi connectivity index (χ1n) is 3.13. The highest BCUT2D eigenvalue weighted by molar-refractivity contribution is 7.79. The second kappa shape index (κ2) is 3.69. The Morgan fingerprint density at radius 1 is 1.55 bits per heavy atom. The van der Waals surface area contributed by atoms with Gasteiger partial charge in [-0.15, -0.1) is 0 Å². The molecule has 3 heteroatoms. The van der Waals surface area contributed by atoms with E-state index in [-0.39, 0.29) is 0 Å². The minimum atomic E-state index is 0.698. The van der Waals surface area contributed by atoms with E-state index in [2.05, 4.69) is 23.0 Å². The summed E-state index contributed by atoms with van der Waals surface area (Å²) < 4.78 is 0. The van der Waals surface area contributed by atoms with Gasteiger partial charge in [-0.2, -0.15) is 0 Å². The van der Waals surface area contributed by atoms with Crippen LogP contribution in [-0.4, -0.2) is 5.49 Å². The molecule has 1 aromatic rings. The molecule has 0 amide bonds. The molecule has 1 radical (unpaired) electrons. The predicted octanol–water partition coefficient (Wildman–Crippen LogP) is 2.89. The van der Waals surface area contributed by atoms with Crippen LogP contribution in [0.4, 0.5) is 5.69 Å². The van der Waals surface area contributed by atoms with E-state index in [0.717, 1.165) is 11.3 Å². The summed E-state index contributed by atoms with van der Waals surface area (Å²) >= 11 is 10.3. The van der Waals surface area contributed by atoms with Crippen LogP contribution in [0, 0.1) is 6.92 Å². The molecular formula is C8H7ClNS. The van der Waals surface area contributed by atoms with Crippen LogP contribution >= 0.6 is 23.8 Å². The van der Waals surface area contributed by atoms with Crippen molar-refractivity contribution in [2.45, 2.75) is 6.92 Å². The van der Waals surface area contributed by atoms with Crippen molar-refractivity contribution in [3.8, 4) is 0 Å². The fourth-order valence-electron chi connectivity index (χ4n) is 0.784. The average molecular weight is 185 g/mol. The van der Waals surface area contributed by atoms with Crippen LogP contribution in [0.3, 0.4) is 0 Å². The Kier molecular flexibility index (Phi) is 2.85. The fraction of sp³-hybridized carbons (Fsp3) is 0.125. The van der Waals surface area contributed by atoms with Gasteiger partial charge in [0.25, 0.3) is 0 Å². The van der Waals surface area contributed by atoms with Crippen molar-refractivity contribution >= 4 is 35.0 Å². The zero-order chi connectivity index (χ0) is 8.27. The van der Waals surface area contributed by atoms with E-state index in [9.17, 15) is 0 Å². The standard InChI is InChI=1S/C8H7ClNS/c1-6-2-3-7(9)4-8(6)10-5-11/h2-4H,1H3,(H,10,11). The van der Waals surface area contributed by atoms with Gasteiger partial charge in [0.1, 0.15) is 5.49 Å². The molecule has 1 rings (SSSR count). The first-order valence-corrected chi connectivity index (χ1v) is 3.92. The lowest BCUT2D eigenvalue weighted by atomic mass is 10.2. The molecule has 0 bridgehead atoms. The SMILES string of the molecule is Cc1ccc(Cl)cc1N[C]=S. The molecule has 1 N–H and O–H groups in total. The zero-order valence-electron chi connectivity index (χ0n) is 6.02. The number of hydrogen-bond acceptors (Lipinski definition) is 1. The second-order valence-corrected chi connectivity index (χ2v) is 2.83. The normalized spacial score (nSPS) is 9.27. The van der Waals surface area contributed by atoms with Crippen LogP contribution in [0.1, 0.15) is 5.56 Å². The summed E-state index contributed by atoms with van der Waals surface area (Å²) in [6.07, 6.45) is 0. The van der Waals surface area contributed by atoms with Crippen LogP contribution in [0.2, 0.25) is 5.02 Å². The van der Waals surface area contributed by atoms with Crippen molar-refractivity contribution in [2.75, 3.05) is 5.32 Å². The van der Waals surface area contributed by atoms with E-state index in [4.69, 9.17) is 11.6 Å². The Bertz CT molecular complexity index is 273. The number of hydrogen-bond donors (Lipinski definition) is 1. The van der Waals surface area contributed by atoms with Crippen LogP contribution in [0.25, 0.3) is 0 Å². The number of anilines is 1. The maximum atomic E-state index is 5.75. The molecule has 0 spiro atoms. The monoisotopic (exact) mass is 184 g/mol. The highest BCUT2D eigenvalue weighted by Gasteiger charge is 1.95. The third-order valence-corrected chi connectivity index (χ3v) is 1.72. The molecule has 0 aliphatic rings. The lowest BCUT2D eigenvalue weighted by Crippen LogP contribution is -1.93. The van der Waals surface area contributed by atoms with Gasteiger partial charge in [-0.3, -0.25) is 0 Å². The first kappa shape index (κ1) is 8.50. The molecule has 57 valence electrons. The van der Waals surface area contributed by atoms with Gasteiger partial charge in [0.15, 0.2) is 0 Å². The zero-order valence-corrected chi connectivity index (χ0v) is 7.59. The molecule has 11 heavy (non-hydrogen) atoms. The maximum Gasteiger partial charge on any atom is 0.138 e. The predicted molar refractivity (Wildman–Crippen MR) is 52.4 cm³/mol. The quantitative estimate of drug-likeness (QED) is 0.561. The summed E-state index contributed by atoms with van der Waals surface area (Å²) in [7, 11) is 0. The summed E-state index contributed by atoms with van der Waals surface area (Å²) in [4.78, 5) is 0. The lowest BCUT2D eigenvalue weighted by molar-refractivity contribution is 1.46. The summed E-state index contributed by atoms with van der Waals surface area (Å²) in [5, 5.41) is 3.49.